The first-order valence-electron chi connectivity index (χ1n) is 5.38. The zero-order chi connectivity index (χ0) is 11.1. The molecule has 86 valence electrons. The fourth-order valence-electron chi connectivity index (χ4n) is 1.15. The number of amides is 1. The standard InChI is InChI=1S/C10H18N2O3/c1-2-15-10(14)7-12-9(13)5-6-11-8-3-4-8/h8,11H,2-7H2,1H3,(H,12,13). The minimum atomic E-state index is -0.388. The summed E-state index contributed by atoms with van der Waals surface area (Å²) in [5.41, 5.74) is 0. The number of rotatable bonds is 7. The van der Waals surface area contributed by atoms with Gasteiger partial charge in [0.25, 0.3) is 0 Å². The van der Waals surface area contributed by atoms with E-state index in [-0.39, 0.29) is 18.4 Å². The lowest BCUT2D eigenvalue weighted by molar-refractivity contribution is -0.143. The Balaban J connectivity index is 1.94. The molecule has 1 saturated carbocycles. The van der Waals surface area contributed by atoms with Crippen molar-refractivity contribution in [1.29, 1.82) is 0 Å². The lowest BCUT2D eigenvalue weighted by Crippen LogP contribution is -2.33. The van der Waals surface area contributed by atoms with E-state index in [1.165, 1.54) is 12.8 Å². The van der Waals surface area contributed by atoms with Gasteiger partial charge in [-0.25, -0.2) is 0 Å². The summed E-state index contributed by atoms with van der Waals surface area (Å²) in [5.74, 6) is -0.503. The van der Waals surface area contributed by atoms with Crippen LogP contribution in [0.3, 0.4) is 0 Å². The Morgan fingerprint density at radius 1 is 1.40 bits per heavy atom. The van der Waals surface area contributed by atoms with Crippen LogP contribution in [0.1, 0.15) is 26.2 Å². The lowest BCUT2D eigenvalue weighted by Gasteiger charge is -2.05. The maximum atomic E-state index is 11.2. The van der Waals surface area contributed by atoms with Crippen LogP contribution in [0.15, 0.2) is 0 Å². The molecule has 0 radical (unpaired) electrons. The molecule has 0 heterocycles. The number of hydrogen-bond donors (Lipinski definition) is 2. The SMILES string of the molecule is CCOC(=O)CNC(=O)CCNC1CC1. The Morgan fingerprint density at radius 3 is 2.73 bits per heavy atom. The molecule has 0 atom stereocenters. The van der Waals surface area contributed by atoms with E-state index in [0.717, 1.165) is 0 Å². The lowest BCUT2D eigenvalue weighted by atomic mass is 10.4. The van der Waals surface area contributed by atoms with E-state index in [2.05, 4.69) is 15.4 Å². The molecule has 2 N–H and O–H groups in total. The predicted molar refractivity (Wildman–Crippen MR) is 55.3 cm³/mol. The van der Waals surface area contributed by atoms with Gasteiger partial charge in [0, 0.05) is 19.0 Å². The average Bonchev–Trinajstić information content (AvgIpc) is 2.99. The molecule has 0 aliphatic heterocycles. The van der Waals surface area contributed by atoms with Crippen molar-refractivity contribution >= 4 is 11.9 Å². The van der Waals surface area contributed by atoms with Crippen molar-refractivity contribution in [1.82, 2.24) is 10.6 Å². The zero-order valence-electron chi connectivity index (χ0n) is 9.04. The van der Waals surface area contributed by atoms with Crippen molar-refractivity contribution in [2.75, 3.05) is 19.7 Å². The molecule has 1 aliphatic rings. The van der Waals surface area contributed by atoms with E-state index in [4.69, 9.17) is 0 Å². The van der Waals surface area contributed by atoms with Crippen LogP contribution in [-0.2, 0) is 14.3 Å². The first kappa shape index (κ1) is 12.0. The summed E-state index contributed by atoms with van der Waals surface area (Å²) in [4.78, 5) is 22.1. The molecule has 0 aromatic heterocycles. The second kappa shape index (κ2) is 6.40. The monoisotopic (exact) mass is 214 g/mol. The van der Waals surface area contributed by atoms with Gasteiger partial charge in [-0.1, -0.05) is 0 Å². The molecule has 1 amide bonds. The van der Waals surface area contributed by atoms with Crippen molar-refractivity contribution in [2.45, 2.75) is 32.2 Å². The van der Waals surface area contributed by atoms with Crippen LogP contribution in [0.4, 0.5) is 0 Å². The second-order valence-corrected chi connectivity index (χ2v) is 3.56. The summed E-state index contributed by atoms with van der Waals surface area (Å²) in [5, 5.41) is 5.73. The van der Waals surface area contributed by atoms with Gasteiger partial charge in [0.2, 0.25) is 5.91 Å². The first-order valence-corrected chi connectivity index (χ1v) is 5.38. The van der Waals surface area contributed by atoms with Crippen LogP contribution in [0.5, 0.6) is 0 Å². The fourth-order valence-corrected chi connectivity index (χ4v) is 1.15. The molecule has 0 bridgehead atoms. The van der Waals surface area contributed by atoms with Crippen molar-refractivity contribution in [3.8, 4) is 0 Å². The highest BCUT2D eigenvalue weighted by molar-refractivity contribution is 5.81. The number of carbonyl (C=O) groups excluding carboxylic acids is 2. The molecule has 0 unspecified atom stereocenters. The number of carbonyl (C=O) groups is 2. The smallest absolute Gasteiger partial charge is 0.325 e. The van der Waals surface area contributed by atoms with Gasteiger partial charge in [-0.15, -0.1) is 0 Å². The minimum Gasteiger partial charge on any atom is -0.465 e. The van der Waals surface area contributed by atoms with Crippen LogP contribution >= 0.6 is 0 Å². The molecule has 1 fully saturated rings. The highest BCUT2D eigenvalue weighted by Crippen LogP contribution is 2.18. The molecule has 1 aliphatic carbocycles. The van der Waals surface area contributed by atoms with Crippen LogP contribution < -0.4 is 10.6 Å². The Kier molecular flexibility index (Phi) is 5.10. The third-order valence-corrected chi connectivity index (χ3v) is 2.10. The van der Waals surface area contributed by atoms with Gasteiger partial charge < -0.3 is 15.4 Å². The van der Waals surface area contributed by atoms with Crippen molar-refractivity contribution in [3.05, 3.63) is 0 Å². The van der Waals surface area contributed by atoms with Gasteiger partial charge in [0.15, 0.2) is 0 Å². The first-order chi connectivity index (χ1) is 7.22. The molecular formula is C10H18N2O3. The summed E-state index contributed by atoms with van der Waals surface area (Å²) < 4.78 is 4.68. The van der Waals surface area contributed by atoms with Gasteiger partial charge in [0.1, 0.15) is 6.54 Å². The van der Waals surface area contributed by atoms with Crippen molar-refractivity contribution < 1.29 is 14.3 Å². The Morgan fingerprint density at radius 2 is 2.13 bits per heavy atom. The summed E-state index contributed by atoms with van der Waals surface area (Å²) >= 11 is 0. The molecule has 15 heavy (non-hydrogen) atoms. The molecule has 5 heteroatoms. The maximum absolute atomic E-state index is 11.2. The predicted octanol–water partition coefficient (Wildman–Crippen LogP) is -0.192. The van der Waals surface area contributed by atoms with Gasteiger partial charge in [-0.2, -0.15) is 0 Å². The third-order valence-electron chi connectivity index (χ3n) is 2.10. The number of ether oxygens (including phenoxy) is 1. The maximum Gasteiger partial charge on any atom is 0.325 e. The van der Waals surface area contributed by atoms with Gasteiger partial charge in [-0.3, -0.25) is 9.59 Å². The Labute approximate surface area is 89.6 Å². The minimum absolute atomic E-state index is 0.0316. The van der Waals surface area contributed by atoms with Gasteiger partial charge in [-0.05, 0) is 19.8 Å². The van der Waals surface area contributed by atoms with Gasteiger partial charge in [0.05, 0.1) is 6.61 Å². The fraction of sp³-hybridized carbons (Fsp3) is 0.800. The largest absolute Gasteiger partial charge is 0.465 e. The molecule has 0 spiro atoms. The topological polar surface area (TPSA) is 67.4 Å². The Bertz CT molecular complexity index is 227. The molecule has 0 saturated heterocycles. The average molecular weight is 214 g/mol. The quantitative estimate of drug-likeness (QED) is 0.576. The normalized spacial score (nSPS) is 14.7. The molecule has 0 aromatic rings. The van der Waals surface area contributed by atoms with Crippen molar-refractivity contribution in [2.24, 2.45) is 0 Å². The van der Waals surface area contributed by atoms with E-state index < -0.39 is 0 Å². The summed E-state index contributed by atoms with van der Waals surface area (Å²) in [6.07, 6.45) is 2.84. The number of hydrogen-bond acceptors (Lipinski definition) is 4. The summed E-state index contributed by atoms with van der Waals surface area (Å²) in [6.45, 7) is 2.73. The van der Waals surface area contributed by atoms with E-state index in [9.17, 15) is 9.59 Å². The van der Waals surface area contributed by atoms with Crippen LogP contribution in [0, 0.1) is 0 Å². The Hall–Kier alpha value is -1.10. The van der Waals surface area contributed by atoms with E-state index in [0.29, 0.717) is 25.6 Å². The summed E-state index contributed by atoms with van der Waals surface area (Å²) in [7, 11) is 0. The van der Waals surface area contributed by atoms with Crippen molar-refractivity contribution in [3.63, 3.8) is 0 Å². The number of esters is 1. The van der Waals surface area contributed by atoms with E-state index >= 15 is 0 Å². The van der Waals surface area contributed by atoms with Crippen LogP contribution in [-0.4, -0.2) is 37.6 Å². The van der Waals surface area contributed by atoms with E-state index in [1.807, 2.05) is 0 Å². The highest BCUT2D eigenvalue weighted by Gasteiger charge is 2.20. The molecular weight excluding hydrogens is 196 g/mol. The summed E-state index contributed by atoms with van der Waals surface area (Å²) in [6, 6.07) is 0.614. The van der Waals surface area contributed by atoms with Gasteiger partial charge >= 0.3 is 5.97 Å². The zero-order valence-corrected chi connectivity index (χ0v) is 9.04. The highest BCUT2D eigenvalue weighted by atomic mass is 16.5. The second-order valence-electron chi connectivity index (χ2n) is 3.56. The molecule has 1 rings (SSSR count). The molecule has 5 nitrogen and oxygen atoms in total. The molecule has 0 aromatic carbocycles. The van der Waals surface area contributed by atoms with E-state index in [1.54, 1.807) is 6.92 Å². The third kappa shape index (κ3) is 6.06. The van der Waals surface area contributed by atoms with Crippen LogP contribution in [0.2, 0.25) is 0 Å². The van der Waals surface area contributed by atoms with Crippen LogP contribution in [0.25, 0.3) is 0 Å². The number of nitrogens with one attached hydrogen (secondary N) is 2.